The van der Waals surface area contributed by atoms with Crippen LogP contribution in [0, 0.1) is 0 Å². The zero-order valence-electron chi connectivity index (χ0n) is 13.3. The molecule has 0 aliphatic heterocycles. The van der Waals surface area contributed by atoms with Crippen molar-refractivity contribution >= 4 is 38.3 Å². The zero-order chi connectivity index (χ0) is 18.0. The Labute approximate surface area is 150 Å². The van der Waals surface area contributed by atoms with Crippen LogP contribution in [-0.2, 0) is 20.3 Å². The first-order valence-corrected chi connectivity index (χ1v) is 9.39. The molecular weight excluding hydrogens is 362 g/mol. The Kier molecular flexibility index (Phi) is 4.74. The summed E-state index contributed by atoms with van der Waals surface area (Å²) in [5.74, 6) is -1.03. The number of benzene rings is 2. The summed E-state index contributed by atoms with van der Waals surface area (Å²) >= 11 is 5.83. The fraction of sp³-hybridized carbons (Fsp3) is 0.111. The van der Waals surface area contributed by atoms with Crippen LogP contribution in [0.5, 0.6) is 0 Å². The number of rotatable bonds is 4. The first kappa shape index (κ1) is 17.4. The third-order valence-electron chi connectivity index (χ3n) is 3.66. The van der Waals surface area contributed by atoms with Gasteiger partial charge in [-0.3, -0.25) is 0 Å². The summed E-state index contributed by atoms with van der Waals surface area (Å²) in [6.07, 6.45) is 0. The first-order valence-electron chi connectivity index (χ1n) is 7.36. The number of hydrogen-bond donors (Lipinski definition) is 0. The number of ether oxygens (including phenoxy) is 1. The highest BCUT2D eigenvalue weighted by Gasteiger charge is 2.26. The van der Waals surface area contributed by atoms with Crippen molar-refractivity contribution in [3.05, 3.63) is 70.7 Å². The fourth-order valence-corrected chi connectivity index (χ4v) is 4.07. The molecule has 25 heavy (non-hydrogen) atoms. The number of para-hydroxylation sites is 1. The number of aromatic nitrogens is 1. The van der Waals surface area contributed by atoms with Crippen LogP contribution in [-0.4, -0.2) is 26.5 Å². The molecule has 0 bridgehead atoms. The van der Waals surface area contributed by atoms with E-state index in [1.54, 1.807) is 48.5 Å². The van der Waals surface area contributed by atoms with Crippen LogP contribution in [0.25, 0.3) is 10.9 Å². The second kappa shape index (κ2) is 6.82. The highest BCUT2D eigenvalue weighted by Crippen LogP contribution is 2.24. The monoisotopic (exact) mass is 375 g/mol. The number of fused-ring (bicyclic) bond motifs is 1. The molecule has 0 amide bonds. The van der Waals surface area contributed by atoms with Crippen LogP contribution in [0.2, 0.25) is 5.02 Å². The van der Waals surface area contributed by atoms with Crippen molar-refractivity contribution in [3.8, 4) is 0 Å². The molecule has 0 aliphatic carbocycles. The lowest BCUT2D eigenvalue weighted by atomic mass is 10.1. The van der Waals surface area contributed by atoms with Gasteiger partial charge >= 0.3 is 5.97 Å². The topological polar surface area (TPSA) is 73.3 Å². The van der Waals surface area contributed by atoms with Crippen molar-refractivity contribution in [1.29, 1.82) is 0 Å². The molecule has 3 aromatic rings. The maximum absolute atomic E-state index is 12.9. The van der Waals surface area contributed by atoms with Gasteiger partial charge in [-0.1, -0.05) is 41.9 Å². The minimum absolute atomic E-state index is 0.0739. The van der Waals surface area contributed by atoms with E-state index in [4.69, 9.17) is 16.3 Å². The highest BCUT2D eigenvalue weighted by molar-refractivity contribution is 7.90. The molecule has 128 valence electrons. The number of halogens is 1. The fourth-order valence-electron chi connectivity index (χ4n) is 2.46. The minimum Gasteiger partial charge on any atom is -0.465 e. The maximum atomic E-state index is 12.9. The summed E-state index contributed by atoms with van der Waals surface area (Å²) in [6, 6.07) is 14.9. The third-order valence-corrected chi connectivity index (χ3v) is 5.52. The van der Waals surface area contributed by atoms with E-state index < -0.39 is 15.8 Å². The van der Waals surface area contributed by atoms with Crippen LogP contribution in [0.15, 0.2) is 59.6 Å². The molecule has 0 spiro atoms. The molecule has 3 rings (SSSR count). The van der Waals surface area contributed by atoms with Crippen LogP contribution < -0.4 is 0 Å². The molecular formula is C18H14ClNO4S. The molecule has 0 aliphatic rings. The lowest BCUT2D eigenvalue weighted by Gasteiger charge is -2.10. The Morgan fingerprint density at radius 3 is 2.48 bits per heavy atom. The standard InChI is InChI=1S/C18H14ClNO4S/c1-24-18(21)15-10-13-4-2-3-5-16(13)20-17(15)25(22,23)11-12-6-8-14(19)9-7-12/h2-10H,11H2,1H3. The smallest absolute Gasteiger partial charge is 0.340 e. The van der Waals surface area contributed by atoms with Gasteiger partial charge in [-0.05, 0) is 29.8 Å². The Morgan fingerprint density at radius 1 is 1.12 bits per heavy atom. The summed E-state index contributed by atoms with van der Waals surface area (Å²) in [5.41, 5.74) is 0.968. The molecule has 5 nitrogen and oxygen atoms in total. The molecule has 7 heteroatoms. The molecule has 0 fully saturated rings. The number of sulfone groups is 1. The molecule has 0 atom stereocenters. The predicted molar refractivity (Wildman–Crippen MR) is 95.4 cm³/mol. The summed E-state index contributed by atoms with van der Waals surface area (Å²) < 4.78 is 30.5. The Hall–Kier alpha value is -2.44. The van der Waals surface area contributed by atoms with E-state index in [2.05, 4.69) is 4.98 Å². The second-order valence-electron chi connectivity index (χ2n) is 5.41. The van der Waals surface area contributed by atoms with Gasteiger partial charge in [0.25, 0.3) is 0 Å². The first-order chi connectivity index (χ1) is 11.9. The average Bonchev–Trinajstić information content (AvgIpc) is 2.61. The van der Waals surface area contributed by atoms with E-state index >= 15 is 0 Å². The van der Waals surface area contributed by atoms with Crippen molar-refractivity contribution < 1.29 is 17.9 Å². The van der Waals surface area contributed by atoms with E-state index in [1.165, 1.54) is 13.2 Å². The van der Waals surface area contributed by atoms with Gasteiger partial charge in [0, 0.05) is 10.4 Å². The number of esters is 1. The molecule has 0 N–H and O–H groups in total. The summed E-state index contributed by atoms with van der Waals surface area (Å²) in [4.78, 5) is 16.3. The van der Waals surface area contributed by atoms with Crippen molar-refractivity contribution in [1.82, 2.24) is 4.98 Å². The quantitative estimate of drug-likeness (QED) is 0.651. The van der Waals surface area contributed by atoms with Crippen molar-refractivity contribution in [2.75, 3.05) is 7.11 Å². The number of methoxy groups -OCH3 is 1. The third kappa shape index (κ3) is 3.65. The Morgan fingerprint density at radius 2 is 1.80 bits per heavy atom. The van der Waals surface area contributed by atoms with Crippen molar-refractivity contribution in [2.24, 2.45) is 0 Å². The molecule has 0 saturated carbocycles. The highest BCUT2D eigenvalue weighted by atomic mass is 35.5. The molecule has 1 heterocycles. The van der Waals surface area contributed by atoms with E-state index in [1.807, 2.05) is 0 Å². The van der Waals surface area contributed by atoms with E-state index in [-0.39, 0.29) is 16.3 Å². The van der Waals surface area contributed by atoms with Crippen molar-refractivity contribution in [3.63, 3.8) is 0 Å². The van der Waals surface area contributed by atoms with Crippen LogP contribution in [0.3, 0.4) is 0 Å². The summed E-state index contributed by atoms with van der Waals surface area (Å²) in [6.45, 7) is 0. The largest absolute Gasteiger partial charge is 0.465 e. The Balaban J connectivity index is 2.14. The van der Waals surface area contributed by atoms with Gasteiger partial charge in [-0.15, -0.1) is 0 Å². The predicted octanol–water partition coefficient (Wildman–Crippen LogP) is 3.65. The SMILES string of the molecule is COC(=O)c1cc2ccccc2nc1S(=O)(=O)Cc1ccc(Cl)cc1. The number of hydrogen-bond acceptors (Lipinski definition) is 5. The molecule has 2 aromatic carbocycles. The van der Waals surface area contributed by atoms with Gasteiger partial charge < -0.3 is 4.74 Å². The number of pyridine rings is 1. The van der Waals surface area contributed by atoms with Crippen molar-refractivity contribution in [2.45, 2.75) is 10.8 Å². The molecule has 1 aromatic heterocycles. The number of carbonyl (C=O) groups is 1. The number of nitrogens with zero attached hydrogens (tertiary/aromatic N) is 1. The maximum Gasteiger partial charge on any atom is 0.340 e. The van der Waals surface area contributed by atoms with Gasteiger partial charge in [0.05, 0.1) is 23.9 Å². The van der Waals surface area contributed by atoms with Crippen LogP contribution in [0.4, 0.5) is 0 Å². The minimum atomic E-state index is -3.86. The van der Waals surface area contributed by atoms with Gasteiger partial charge in [0.1, 0.15) is 0 Å². The molecule has 0 radical (unpaired) electrons. The van der Waals surface area contributed by atoms with Gasteiger partial charge in [-0.25, -0.2) is 18.2 Å². The zero-order valence-corrected chi connectivity index (χ0v) is 14.8. The molecule has 0 saturated heterocycles. The summed E-state index contributed by atoms with van der Waals surface area (Å²) in [5, 5.41) is 0.890. The van der Waals surface area contributed by atoms with Gasteiger partial charge in [0.2, 0.25) is 9.84 Å². The average molecular weight is 376 g/mol. The van der Waals surface area contributed by atoms with Crippen LogP contribution >= 0.6 is 11.6 Å². The van der Waals surface area contributed by atoms with E-state index in [0.717, 1.165) is 0 Å². The van der Waals surface area contributed by atoms with E-state index in [0.29, 0.717) is 21.5 Å². The lowest BCUT2D eigenvalue weighted by Crippen LogP contribution is -2.15. The van der Waals surface area contributed by atoms with Gasteiger partial charge in [0.15, 0.2) is 5.03 Å². The Bertz CT molecular complexity index is 1050. The normalized spacial score (nSPS) is 11.4. The van der Waals surface area contributed by atoms with E-state index in [9.17, 15) is 13.2 Å². The summed E-state index contributed by atoms with van der Waals surface area (Å²) in [7, 11) is -2.66. The lowest BCUT2D eigenvalue weighted by molar-refractivity contribution is 0.0595. The van der Waals surface area contributed by atoms with Crippen LogP contribution in [0.1, 0.15) is 15.9 Å². The molecule has 0 unspecified atom stereocenters. The number of carbonyl (C=O) groups excluding carboxylic acids is 1. The second-order valence-corrected chi connectivity index (χ2v) is 7.75. The van der Waals surface area contributed by atoms with Gasteiger partial charge in [-0.2, -0.15) is 0 Å².